The van der Waals surface area contributed by atoms with Gasteiger partial charge in [0.1, 0.15) is 0 Å². The van der Waals surface area contributed by atoms with Crippen LogP contribution in [0, 0.1) is 0 Å². The van der Waals surface area contributed by atoms with Crippen molar-refractivity contribution in [2.24, 2.45) is 0 Å². The molecule has 0 radical (unpaired) electrons. The molecule has 1 heteroatoms. The van der Waals surface area contributed by atoms with Crippen molar-refractivity contribution in [3.8, 4) is 0 Å². The Morgan fingerprint density at radius 1 is 0.944 bits per heavy atom. The number of halogens is 1. The number of benzene rings is 1. The van der Waals surface area contributed by atoms with Crippen LogP contribution in [0.4, 0.5) is 0 Å². The Morgan fingerprint density at radius 3 is 2.00 bits per heavy atom. The first kappa shape index (κ1) is 13.9. The van der Waals surface area contributed by atoms with Crippen LogP contribution in [-0.4, -0.2) is 0 Å². The lowest BCUT2D eigenvalue weighted by Crippen LogP contribution is -2.19. The van der Waals surface area contributed by atoms with E-state index in [1.165, 1.54) is 36.0 Å². The van der Waals surface area contributed by atoms with Crippen LogP contribution in [0.2, 0.25) is 5.02 Å². The van der Waals surface area contributed by atoms with E-state index >= 15 is 0 Å². The molecule has 0 heterocycles. The quantitative estimate of drug-likeness (QED) is 0.684. The molecule has 0 fully saturated rings. The summed E-state index contributed by atoms with van der Waals surface area (Å²) < 4.78 is 0. The highest BCUT2D eigenvalue weighted by Crippen LogP contribution is 2.42. The van der Waals surface area contributed by atoms with Gasteiger partial charge in [-0.05, 0) is 65.3 Å². The summed E-state index contributed by atoms with van der Waals surface area (Å²) in [5.41, 5.74) is 7.78. The molecule has 18 heavy (non-hydrogen) atoms. The van der Waals surface area contributed by atoms with Crippen molar-refractivity contribution < 1.29 is 0 Å². The third-order valence-electron chi connectivity index (χ3n) is 4.17. The van der Waals surface area contributed by atoms with Gasteiger partial charge >= 0.3 is 0 Å². The Kier molecular flexibility index (Phi) is 3.78. The van der Waals surface area contributed by atoms with E-state index in [1.807, 2.05) is 0 Å². The van der Waals surface area contributed by atoms with Crippen molar-refractivity contribution in [1.82, 2.24) is 0 Å². The van der Waals surface area contributed by atoms with Crippen LogP contribution in [0.5, 0.6) is 0 Å². The summed E-state index contributed by atoms with van der Waals surface area (Å²) in [6, 6.07) is 0. The molecule has 0 bridgehead atoms. The lowest BCUT2D eigenvalue weighted by Gasteiger charge is -2.29. The molecule has 0 spiro atoms. The first-order chi connectivity index (χ1) is 8.41. The highest BCUT2D eigenvalue weighted by molar-refractivity contribution is 6.32. The van der Waals surface area contributed by atoms with Crippen molar-refractivity contribution >= 4 is 11.6 Å². The van der Waals surface area contributed by atoms with Gasteiger partial charge in [-0.25, -0.2) is 0 Å². The monoisotopic (exact) mass is 264 g/mol. The van der Waals surface area contributed by atoms with Gasteiger partial charge in [-0.15, -0.1) is 0 Å². The van der Waals surface area contributed by atoms with Crippen LogP contribution in [0.1, 0.15) is 68.9 Å². The van der Waals surface area contributed by atoms with Gasteiger partial charge in [0.2, 0.25) is 0 Å². The first-order valence-electron chi connectivity index (χ1n) is 7.27. The van der Waals surface area contributed by atoms with Gasteiger partial charge in [-0.2, -0.15) is 0 Å². The second-order valence-electron chi connectivity index (χ2n) is 6.41. The zero-order chi connectivity index (χ0) is 13.5. The lowest BCUT2D eigenvalue weighted by atomic mass is 9.76. The number of fused-ring (bicyclic) bond motifs is 1. The fourth-order valence-electron chi connectivity index (χ4n) is 3.57. The van der Waals surface area contributed by atoms with Gasteiger partial charge < -0.3 is 0 Å². The molecule has 1 aliphatic rings. The Balaban J connectivity index is 2.82. The highest BCUT2D eigenvalue weighted by Gasteiger charge is 2.29. The number of hydrogen-bond acceptors (Lipinski definition) is 0. The maximum Gasteiger partial charge on any atom is 0.0475 e. The smallest absolute Gasteiger partial charge is 0.0475 e. The fraction of sp³-hybridized carbons (Fsp3) is 0.647. The Morgan fingerprint density at radius 2 is 1.50 bits per heavy atom. The third kappa shape index (κ3) is 2.09. The molecule has 2 rings (SSSR count). The topological polar surface area (TPSA) is 0 Å². The van der Waals surface area contributed by atoms with E-state index in [-0.39, 0.29) is 5.41 Å². The summed E-state index contributed by atoms with van der Waals surface area (Å²) in [5.74, 6) is 0. The summed E-state index contributed by atoms with van der Waals surface area (Å²) in [6.07, 6.45) is 5.82. The maximum atomic E-state index is 6.66. The van der Waals surface area contributed by atoms with Gasteiger partial charge in [0.05, 0.1) is 0 Å². The van der Waals surface area contributed by atoms with Crippen LogP contribution < -0.4 is 0 Å². The van der Waals surface area contributed by atoms with E-state index in [9.17, 15) is 0 Å². The molecule has 0 unspecified atom stereocenters. The van der Waals surface area contributed by atoms with Crippen LogP contribution >= 0.6 is 11.6 Å². The number of rotatable bonds is 2. The summed E-state index contributed by atoms with van der Waals surface area (Å²) in [5, 5.41) is 1.08. The minimum absolute atomic E-state index is 0.230. The lowest BCUT2D eigenvalue weighted by molar-refractivity contribution is 0.575. The third-order valence-corrected chi connectivity index (χ3v) is 4.63. The average molecular weight is 265 g/mol. The SMILES string of the molecule is CCc1c(Cl)c2c(c(C(C)(C)C)c1CC)CCC2. The molecule has 0 saturated carbocycles. The molecule has 0 nitrogen and oxygen atoms in total. The van der Waals surface area contributed by atoms with Crippen LogP contribution in [-0.2, 0) is 31.1 Å². The predicted octanol–water partition coefficient (Wildman–Crippen LogP) is 5.25. The van der Waals surface area contributed by atoms with Gasteiger partial charge in [-0.3, -0.25) is 0 Å². The molecule has 1 aromatic carbocycles. The van der Waals surface area contributed by atoms with Crippen LogP contribution in [0.15, 0.2) is 0 Å². The van der Waals surface area contributed by atoms with E-state index < -0.39 is 0 Å². The standard InChI is InChI=1S/C17H25Cl/c1-6-11-12(7-2)16(18)14-10-8-9-13(14)15(11)17(3,4)5/h6-10H2,1-5H3. The number of hydrogen-bond donors (Lipinski definition) is 0. The van der Waals surface area contributed by atoms with Crippen molar-refractivity contribution in [3.05, 3.63) is 32.8 Å². The van der Waals surface area contributed by atoms with E-state index in [0.29, 0.717) is 0 Å². The Hall–Kier alpha value is -0.490. The van der Waals surface area contributed by atoms with E-state index in [0.717, 1.165) is 17.9 Å². The van der Waals surface area contributed by atoms with E-state index in [4.69, 9.17) is 11.6 Å². The largest absolute Gasteiger partial charge is 0.0837 e. The van der Waals surface area contributed by atoms with Crippen molar-refractivity contribution in [2.45, 2.75) is 72.1 Å². The van der Waals surface area contributed by atoms with Gasteiger partial charge in [0.15, 0.2) is 0 Å². The second kappa shape index (κ2) is 4.89. The molecular weight excluding hydrogens is 240 g/mol. The van der Waals surface area contributed by atoms with Crippen molar-refractivity contribution in [1.29, 1.82) is 0 Å². The summed E-state index contributed by atoms with van der Waals surface area (Å²) in [7, 11) is 0. The van der Waals surface area contributed by atoms with Crippen molar-refractivity contribution in [2.75, 3.05) is 0 Å². The first-order valence-corrected chi connectivity index (χ1v) is 7.65. The van der Waals surface area contributed by atoms with Gasteiger partial charge in [-0.1, -0.05) is 46.2 Å². The average Bonchev–Trinajstić information content (AvgIpc) is 2.75. The second-order valence-corrected chi connectivity index (χ2v) is 6.79. The molecule has 0 aliphatic heterocycles. The molecule has 0 saturated heterocycles. The molecule has 1 aromatic rings. The normalized spacial score (nSPS) is 15.0. The Labute approximate surface area is 117 Å². The van der Waals surface area contributed by atoms with E-state index in [1.54, 1.807) is 11.1 Å². The zero-order valence-corrected chi connectivity index (χ0v) is 13.2. The van der Waals surface area contributed by atoms with Crippen LogP contribution in [0.25, 0.3) is 0 Å². The molecular formula is C17H25Cl. The summed E-state index contributed by atoms with van der Waals surface area (Å²) in [4.78, 5) is 0. The predicted molar refractivity (Wildman–Crippen MR) is 80.9 cm³/mol. The minimum atomic E-state index is 0.230. The highest BCUT2D eigenvalue weighted by atomic mass is 35.5. The molecule has 0 N–H and O–H groups in total. The summed E-state index contributed by atoms with van der Waals surface area (Å²) in [6.45, 7) is 11.5. The Bertz CT molecular complexity index is 464. The molecule has 0 aromatic heterocycles. The molecule has 0 atom stereocenters. The van der Waals surface area contributed by atoms with Crippen LogP contribution in [0.3, 0.4) is 0 Å². The zero-order valence-electron chi connectivity index (χ0n) is 12.4. The molecule has 0 amide bonds. The molecule has 100 valence electrons. The van der Waals surface area contributed by atoms with Gasteiger partial charge in [0, 0.05) is 5.02 Å². The van der Waals surface area contributed by atoms with Crippen molar-refractivity contribution in [3.63, 3.8) is 0 Å². The molecule has 1 aliphatic carbocycles. The summed E-state index contributed by atoms with van der Waals surface area (Å²) >= 11 is 6.66. The fourth-order valence-corrected chi connectivity index (χ4v) is 4.03. The minimum Gasteiger partial charge on any atom is -0.0837 e. The van der Waals surface area contributed by atoms with E-state index in [2.05, 4.69) is 34.6 Å². The van der Waals surface area contributed by atoms with Gasteiger partial charge in [0.25, 0.3) is 0 Å². The maximum absolute atomic E-state index is 6.66.